The molecule has 0 spiro atoms. The summed E-state index contributed by atoms with van der Waals surface area (Å²) in [6, 6.07) is 1.75. The number of nitrogens with one attached hydrogen (secondary N) is 1. The molecule has 0 saturated heterocycles. The lowest BCUT2D eigenvalue weighted by Gasteiger charge is -2.11. The zero-order valence-corrected chi connectivity index (χ0v) is 9.08. The summed E-state index contributed by atoms with van der Waals surface area (Å²) < 4.78 is 5.01. The van der Waals surface area contributed by atoms with E-state index in [-0.39, 0.29) is 5.95 Å². The Morgan fingerprint density at radius 2 is 2.27 bits per heavy atom. The number of aromatic nitrogens is 2. The van der Waals surface area contributed by atoms with E-state index in [1.165, 1.54) is 12.8 Å². The van der Waals surface area contributed by atoms with E-state index in [2.05, 4.69) is 22.2 Å². The summed E-state index contributed by atoms with van der Waals surface area (Å²) in [5, 5.41) is 3.25. The van der Waals surface area contributed by atoms with Gasteiger partial charge in [0.2, 0.25) is 11.8 Å². The molecule has 0 amide bonds. The smallest absolute Gasteiger partial charge is 0.225 e. The van der Waals surface area contributed by atoms with Crippen LogP contribution in [0.5, 0.6) is 5.88 Å². The van der Waals surface area contributed by atoms with Crippen LogP contribution in [0.4, 0.5) is 11.8 Å². The van der Waals surface area contributed by atoms with Gasteiger partial charge in [0.1, 0.15) is 5.82 Å². The predicted molar refractivity (Wildman–Crippen MR) is 58.8 cm³/mol. The summed E-state index contributed by atoms with van der Waals surface area (Å²) in [5.74, 6) is 1.45. The topological polar surface area (TPSA) is 73.1 Å². The van der Waals surface area contributed by atoms with Crippen LogP contribution in [0.25, 0.3) is 0 Å². The Kier molecular flexibility index (Phi) is 2.38. The summed E-state index contributed by atoms with van der Waals surface area (Å²) in [4.78, 5) is 8.01. The highest BCUT2D eigenvalue weighted by molar-refractivity contribution is 5.43. The van der Waals surface area contributed by atoms with E-state index in [0.717, 1.165) is 12.4 Å². The van der Waals surface area contributed by atoms with Crippen molar-refractivity contribution in [1.82, 2.24) is 9.97 Å². The van der Waals surface area contributed by atoms with Crippen LogP contribution in [0.2, 0.25) is 0 Å². The first-order valence-electron chi connectivity index (χ1n) is 5.04. The summed E-state index contributed by atoms with van der Waals surface area (Å²) in [6.45, 7) is 3.17. The van der Waals surface area contributed by atoms with Gasteiger partial charge in [-0.3, -0.25) is 0 Å². The average Bonchev–Trinajstić information content (AvgIpc) is 2.94. The van der Waals surface area contributed by atoms with Crippen molar-refractivity contribution in [3.05, 3.63) is 6.07 Å². The molecule has 0 aromatic carbocycles. The minimum atomic E-state index is 0.234. The van der Waals surface area contributed by atoms with Gasteiger partial charge >= 0.3 is 0 Å². The minimum absolute atomic E-state index is 0.234. The molecule has 1 heterocycles. The SMILES string of the molecule is COc1cc(NCC2(C)CC2)nc(N)n1. The van der Waals surface area contributed by atoms with Crippen molar-refractivity contribution < 1.29 is 4.74 Å². The monoisotopic (exact) mass is 208 g/mol. The Morgan fingerprint density at radius 1 is 1.53 bits per heavy atom. The van der Waals surface area contributed by atoms with E-state index in [4.69, 9.17) is 10.5 Å². The van der Waals surface area contributed by atoms with Gasteiger partial charge in [0, 0.05) is 12.6 Å². The predicted octanol–water partition coefficient (Wildman–Crippen LogP) is 1.28. The van der Waals surface area contributed by atoms with Gasteiger partial charge in [-0.15, -0.1) is 0 Å². The summed E-state index contributed by atoms with van der Waals surface area (Å²) in [7, 11) is 1.56. The molecule has 1 aromatic heterocycles. The molecule has 2 rings (SSSR count). The van der Waals surface area contributed by atoms with Gasteiger partial charge in [-0.1, -0.05) is 6.92 Å². The summed E-state index contributed by atoms with van der Waals surface area (Å²) in [6.07, 6.45) is 2.55. The lowest BCUT2D eigenvalue weighted by molar-refractivity contribution is 0.398. The Morgan fingerprint density at radius 3 is 2.87 bits per heavy atom. The maximum Gasteiger partial charge on any atom is 0.225 e. The fourth-order valence-corrected chi connectivity index (χ4v) is 1.33. The molecule has 0 aliphatic heterocycles. The molecular formula is C10H16N4O. The van der Waals surface area contributed by atoms with Gasteiger partial charge in [0.25, 0.3) is 0 Å². The van der Waals surface area contributed by atoms with Crippen LogP contribution in [-0.2, 0) is 0 Å². The number of ether oxygens (including phenoxy) is 1. The molecule has 1 fully saturated rings. The molecular weight excluding hydrogens is 192 g/mol. The van der Waals surface area contributed by atoms with Gasteiger partial charge in [0.05, 0.1) is 7.11 Å². The van der Waals surface area contributed by atoms with Gasteiger partial charge in [-0.05, 0) is 18.3 Å². The standard InChI is InChI=1S/C10H16N4O/c1-10(3-4-10)6-12-7-5-8(15-2)14-9(11)13-7/h5H,3-4,6H2,1-2H3,(H3,11,12,13,14). The molecule has 1 saturated carbocycles. The van der Waals surface area contributed by atoms with Crippen molar-refractivity contribution >= 4 is 11.8 Å². The highest BCUT2D eigenvalue weighted by Gasteiger charge is 2.36. The van der Waals surface area contributed by atoms with Crippen molar-refractivity contribution in [3.8, 4) is 5.88 Å². The van der Waals surface area contributed by atoms with Crippen LogP contribution in [-0.4, -0.2) is 23.6 Å². The highest BCUT2D eigenvalue weighted by Crippen LogP contribution is 2.44. The van der Waals surface area contributed by atoms with Crippen LogP contribution < -0.4 is 15.8 Å². The molecule has 0 atom stereocenters. The maximum atomic E-state index is 5.55. The average molecular weight is 208 g/mol. The summed E-state index contributed by atoms with van der Waals surface area (Å²) in [5.41, 5.74) is 5.99. The first-order chi connectivity index (χ1) is 7.11. The van der Waals surface area contributed by atoms with Gasteiger partial charge < -0.3 is 15.8 Å². The van der Waals surface area contributed by atoms with Crippen molar-refractivity contribution in [1.29, 1.82) is 0 Å². The number of methoxy groups -OCH3 is 1. The lowest BCUT2D eigenvalue weighted by atomic mass is 10.1. The van der Waals surface area contributed by atoms with E-state index in [0.29, 0.717) is 11.3 Å². The van der Waals surface area contributed by atoms with Gasteiger partial charge in [0.15, 0.2) is 0 Å². The Balaban J connectivity index is 2.03. The number of hydrogen-bond donors (Lipinski definition) is 2. The fraction of sp³-hybridized carbons (Fsp3) is 0.600. The molecule has 82 valence electrons. The molecule has 15 heavy (non-hydrogen) atoms. The van der Waals surface area contributed by atoms with Crippen molar-refractivity contribution in [3.63, 3.8) is 0 Å². The number of rotatable bonds is 4. The third kappa shape index (κ3) is 2.49. The largest absolute Gasteiger partial charge is 0.481 e. The number of anilines is 2. The van der Waals surface area contributed by atoms with Crippen LogP contribution in [0, 0.1) is 5.41 Å². The molecule has 5 heteroatoms. The molecule has 5 nitrogen and oxygen atoms in total. The number of nitrogens with zero attached hydrogens (tertiary/aromatic N) is 2. The quantitative estimate of drug-likeness (QED) is 0.779. The van der Waals surface area contributed by atoms with E-state index in [9.17, 15) is 0 Å². The number of hydrogen-bond acceptors (Lipinski definition) is 5. The Labute approximate surface area is 89.1 Å². The molecule has 1 aromatic rings. The molecule has 0 radical (unpaired) electrons. The Hall–Kier alpha value is -1.52. The third-order valence-electron chi connectivity index (χ3n) is 2.73. The maximum absolute atomic E-state index is 5.55. The summed E-state index contributed by atoms with van der Waals surface area (Å²) >= 11 is 0. The number of nitrogen functional groups attached to an aromatic ring is 1. The minimum Gasteiger partial charge on any atom is -0.481 e. The van der Waals surface area contributed by atoms with E-state index >= 15 is 0 Å². The van der Waals surface area contributed by atoms with Crippen LogP contribution in [0.3, 0.4) is 0 Å². The van der Waals surface area contributed by atoms with Crippen molar-refractivity contribution in [2.45, 2.75) is 19.8 Å². The lowest BCUT2D eigenvalue weighted by Crippen LogP contribution is -2.13. The van der Waals surface area contributed by atoms with E-state index in [1.807, 2.05) is 0 Å². The van der Waals surface area contributed by atoms with Crippen molar-refractivity contribution in [2.24, 2.45) is 5.41 Å². The second-order valence-corrected chi connectivity index (χ2v) is 4.32. The molecule has 1 aliphatic rings. The van der Waals surface area contributed by atoms with Crippen molar-refractivity contribution in [2.75, 3.05) is 24.7 Å². The third-order valence-corrected chi connectivity index (χ3v) is 2.73. The first kappa shape index (κ1) is 10.0. The molecule has 3 N–H and O–H groups in total. The first-order valence-corrected chi connectivity index (χ1v) is 5.04. The fourth-order valence-electron chi connectivity index (χ4n) is 1.33. The molecule has 1 aliphatic carbocycles. The van der Waals surface area contributed by atoms with Gasteiger partial charge in [-0.2, -0.15) is 9.97 Å². The number of nitrogens with two attached hydrogens (primary N) is 1. The normalized spacial score (nSPS) is 17.2. The van der Waals surface area contributed by atoms with Gasteiger partial charge in [-0.25, -0.2) is 0 Å². The van der Waals surface area contributed by atoms with Crippen LogP contribution in [0.1, 0.15) is 19.8 Å². The Bertz CT molecular complexity index is 362. The second-order valence-electron chi connectivity index (χ2n) is 4.32. The molecule has 0 unspecified atom stereocenters. The molecule has 0 bridgehead atoms. The second kappa shape index (κ2) is 3.56. The zero-order chi connectivity index (χ0) is 10.9. The zero-order valence-electron chi connectivity index (χ0n) is 9.08. The van der Waals surface area contributed by atoms with E-state index in [1.54, 1.807) is 13.2 Å². The highest BCUT2D eigenvalue weighted by atomic mass is 16.5. The van der Waals surface area contributed by atoms with E-state index < -0.39 is 0 Å². The van der Waals surface area contributed by atoms with Crippen LogP contribution in [0.15, 0.2) is 6.07 Å². The van der Waals surface area contributed by atoms with Crippen LogP contribution >= 0.6 is 0 Å².